The number of anilines is 1. The van der Waals surface area contributed by atoms with Crippen molar-refractivity contribution in [2.45, 2.75) is 13.8 Å². The van der Waals surface area contributed by atoms with Crippen LogP contribution in [0.4, 0.5) is 5.13 Å². The van der Waals surface area contributed by atoms with Crippen LogP contribution in [-0.4, -0.2) is 10.8 Å². The summed E-state index contributed by atoms with van der Waals surface area (Å²) in [7, 11) is 0. The molecule has 0 amide bonds. The fraction of sp³-hybridized carbons (Fsp3) is 0.250. The first-order valence-electron chi connectivity index (χ1n) is 3.50. The number of ketones is 1. The fourth-order valence-electron chi connectivity index (χ4n) is 0.737. The second-order valence-corrected chi connectivity index (χ2v) is 3.55. The van der Waals surface area contributed by atoms with Gasteiger partial charge in [0.05, 0.1) is 0 Å². The lowest BCUT2D eigenvalue weighted by molar-refractivity contribution is 0.104. The Kier molecular flexibility index (Phi) is 2.60. The Bertz CT molecular complexity index is 324. The normalized spacial score (nSPS) is 9.50. The van der Waals surface area contributed by atoms with Crippen LogP contribution in [0.5, 0.6) is 0 Å². The van der Waals surface area contributed by atoms with Crippen LogP contribution in [0.3, 0.4) is 0 Å². The Balaban J connectivity index is 2.86. The predicted molar refractivity (Wildman–Crippen MR) is 50.3 cm³/mol. The fourth-order valence-corrected chi connectivity index (χ4v) is 1.29. The minimum atomic E-state index is -0.0806. The summed E-state index contributed by atoms with van der Waals surface area (Å²) in [5.74, 6) is -0.0806. The lowest BCUT2D eigenvalue weighted by Crippen LogP contribution is -1.96. The molecule has 64 valence electrons. The molecule has 1 aromatic rings. The van der Waals surface area contributed by atoms with Gasteiger partial charge in [-0.2, -0.15) is 0 Å². The summed E-state index contributed by atoms with van der Waals surface area (Å²) in [6, 6.07) is 0. The zero-order valence-corrected chi connectivity index (χ0v) is 7.81. The molecule has 1 rings (SSSR count). The lowest BCUT2D eigenvalue weighted by atomic mass is 10.2. The molecule has 0 saturated heterocycles. The Morgan fingerprint density at radius 3 is 2.75 bits per heavy atom. The van der Waals surface area contributed by atoms with Gasteiger partial charge in [-0.1, -0.05) is 5.57 Å². The Morgan fingerprint density at radius 1 is 1.67 bits per heavy atom. The monoisotopic (exact) mass is 182 g/mol. The van der Waals surface area contributed by atoms with Gasteiger partial charge < -0.3 is 5.73 Å². The van der Waals surface area contributed by atoms with Crippen LogP contribution >= 0.6 is 11.3 Å². The topological polar surface area (TPSA) is 56.0 Å². The average molecular weight is 182 g/mol. The number of hydrogen-bond donors (Lipinski definition) is 1. The van der Waals surface area contributed by atoms with Crippen molar-refractivity contribution >= 4 is 22.3 Å². The van der Waals surface area contributed by atoms with Gasteiger partial charge in [0.2, 0.25) is 5.78 Å². The highest BCUT2D eigenvalue weighted by molar-refractivity contribution is 7.13. The summed E-state index contributed by atoms with van der Waals surface area (Å²) < 4.78 is 0. The molecule has 2 N–H and O–H groups in total. The number of thiazole rings is 1. The molecule has 0 saturated carbocycles. The third-order valence-electron chi connectivity index (χ3n) is 1.19. The van der Waals surface area contributed by atoms with Crippen molar-refractivity contribution in [2.75, 3.05) is 5.73 Å². The minimum Gasteiger partial charge on any atom is -0.375 e. The Labute approximate surface area is 74.9 Å². The molecule has 4 heteroatoms. The van der Waals surface area contributed by atoms with Crippen molar-refractivity contribution < 1.29 is 4.79 Å². The van der Waals surface area contributed by atoms with E-state index in [1.807, 2.05) is 13.8 Å². The standard InChI is InChI=1S/C8H10N2OS/c1-5(2)3-7(11)6-4-12-8(9)10-6/h3-4H,1-2H3,(H2,9,10). The van der Waals surface area contributed by atoms with E-state index in [1.165, 1.54) is 11.3 Å². The van der Waals surface area contributed by atoms with Crippen LogP contribution in [0.25, 0.3) is 0 Å². The van der Waals surface area contributed by atoms with Crippen molar-refractivity contribution in [2.24, 2.45) is 0 Å². The number of nitrogens with zero attached hydrogens (tertiary/aromatic N) is 1. The zero-order chi connectivity index (χ0) is 9.14. The molecule has 0 aliphatic carbocycles. The third-order valence-corrected chi connectivity index (χ3v) is 1.87. The Morgan fingerprint density at radius 2 is 2.33 bits per heavy atom. The molecular weight excluding hydrogens is 172 g/mol. The van der Waals surface area contributed by atoms with Gasteiger partial charge in [-0.25, -0.2) is 4.98 Å². The van der Waals surface area contributed by atoms with Gasteiger partial charge in [-0.15, -0.1) is 11.3 Å². The van der Waals surface area contributed by atoms with E-state index >= 15 is 0 Å². The highest BCUT2D eigenvalue weighted by Gasteiger charge is 2.05. The van der Waals surface area contributed by atoms with E-state index in [9.17, 15) is 4.79 Å². The molecule has 1 aromatic heterocycles. The quantitative estimate of drug-likeness (QED) is 0.561. The molecule has 0 aliphatic heterocycles. The van der Waals surface area contributed by atoms with Gasteiger partial charge in [0.15, 0.2) is 5.13 Å². The summed E-state index contributed by atoms with van der Waals surface area (Å²) in [5, 5.41) is 2.09. The molecule has 1 heterocycles. The summed E-state index contributed by atoms with van der Waals surface area (Å²) in [5.41, 5.74) is 6.78. The van der Waals surface area contributed by atoms with Gasteiger partial charge >= 0.3 is 0 Å². The predicted octanol–water partition coefficient (Wildman–Crippen LogP) is 1.87. The van der Waals surface area contributed by atoms with Gasteiger partial charge in [0.1, 0.15) is 5.69 Å². The maximum absolute atomic E-state index is 11.3. The summed E-state index contributed by atoms with van der Waals surface area (Å²) in [6.07, 6.45) is 1.55. The number of rotatable bonds is 2. The first-order chi connectivity index (χ1) is 5.59. The van der Waals surface area contributed by atoms with E-state index in [1.54, 1.807) is 11.5 Å². The first kappa shape index (κ1) is 8.93. The van der Waals surface area contributed by atoms with Crippen LogP contribution in [-0.2, 0) is 0 Å². The van der Waals surface area contributed by atoms with Crippen LogP contribution in [0.1, 0.15) is 24.3 Å². The second kappa shape index (κ2) is 3.49. The third kappa shape index (κ3) is 2.17. The van der Waals surface area contributed by atoms with Gasteiger partial charge in [0.25, 0.3) is 0 Å². The van der Waals surface area contributed by atoms with Gasteiger partial charge in [0, 0.05) is 5.38 Å². The van der Waals surface area contributed by atoms with E-state index in [0.717, 1.165) is 5.57 Å². The molecular formula is C8H10N2OS. The molecule has 0 atom stereocenters. The Hall–Kier alpha value is -1.16. The lowest BCUT2D eigenvalue weighted by Gasteiger charge is -1.88. The first-order valence-corrected chi connectivity index (χ1v) is 4.38. The molecule has 0 aromatic carbocycles. The molecule has 0 bridgehead atoms. The van der Waals surface area contributed by atoms with Crippen molar-refractivity contribution in [1.82, 2.24) is 4.98 Å². The van der Waals surface area contributed by atoms with Crippen molar-refractivity contribution in [3.8, 4) is 0 Å². The molecule has 0 fully saturated rings. The van der Waals surface area contributed by atoms with Crippen LogP contribution < -0.4 is 5.73 Å². The van der Waals surface area contributed by atoms with E-state index in [2.05, 4.69) is 4.98 Å². The molecule has 0 spiro atoms. The maximum atomic E-state index is 11.3. The largest absolute Gasteiger partial charge is 0.375 e. The highest BCUT2D eigenvalue weighted by Crippen LogP contribution is 2.12. The summed E-state index contributed by atoms with van der Waals surface area (Å²) >= 11 is 1.28. The number of carbonyl (C=O) groups excluding carboxylic acids is 1. The number of hydrogen-bond acceptors (Lipinski definition) is 4. The molecule has 3 nitrogen and oxygen atoms in total. The maximum Gasteiger partial charge on any atom is 0.205 e. The van der Waals surface area contributed by atoms with Crippen LogP contribution in [0.2, 0.25) is 0 Å². The van der Waals surface area contributed by atoms with E-state index in [0.29, 0.717) is 10.8 Å². The molecule has 12 heavy (non-hydrogen) atoms. The summed E-state index contributed by atoms with van der Waals surface area (Å²) in [4.78, 5) is 15.1. The van der Waals surface area contributed by atoms with Crippen molar-refractivity contribution in [3.63, 3.8) is 0 Å². The average Bonchev–Trinajstić information content (AvgIpc) is 2.34. The zero-order valence-electron chi connectivity index (χ0n) is 7.00. The van der Waals surface area contributed by atoms with Crippen molar-refractivity contribution in [3.05, 3.63) is 22.7 Å². The summed E-state index contributed by atoms with van der Waals surface area (Å²) in [6.45, 7) is 3.74. The SMILES string of the molecule is CC(C)=CC(=O)c1csc(N)n1. The van der Waals surface area contributed by atoms with E-state index in [4.69, 9.17) is 5.73 Å². The number of allylic oxidation sites excluding steroid dienone is 2. The smallest absolute Gasteiger partial charge is 0.205 e. The van der Waals surface area contributed by atoms with Crippen molar-refractivity contribution in [1.29, 1.82) is 0 Å². The minimum absolute atomic E-state index is 0.0806. The van der Waals surface area contributed by atoms with E-state index in [-0.39, 0.29) is 5.78 Å². The number of nitrogens with two attached hydrogens (primary N) is 1. The van der Waals surface area contributed by atoms with Gasteiger partial charge in [-0.05, 0) is 19.9 Å². The number of aromatic nitrogens is 1. The molecule has 0 aliphatic rings. The van der Waals surface area contributed by atoms with Crippen LogP contribution in [0.15, 0.2) is 17.0 Å². The number of nitrogen functional groups attached to an aromatic ring is 1. The molecule has 0 radical (unpaired) electrons. The molecule has 0 unspecified atom stereocenters. The number of carbonyl (C=O) groups is 1. The van der Waals surface area contributed by atoms with Crippen LogP contribution in [0, 0.1) is 0 Å². The van der Waals surface area contributed by atoms with Gasteiger partial charge in [-0.3, -0.25) is 4.79 Å². The van der Waals surface area contributed by atoms with E-state index < -0.39 is 0 Å². The highest BCUT2D eigenvalue weighted by atomic mass is 32.1. The second-order valence-electron chi connectivity index (χ2n) is 2.66.